The van der Waals surface area contributed by atoms with Crippen LogP contribution in [-0.4, -0.2) is 18.4 Å². The number of hydrogen-bond donors (Lipinski definition) is 1. The van der Waals surface area contributed by atoms with Gasteiger partial charge >= 0.3 is 5.97 Å². The van der Waals surface area contributed by atoms with Crippen molar-refractivity contribution in [2.45, 2.75) is 0 Å². The Bertz CT molecular complexity index is 1020. The molecule has 0 aliphatic heterocycles. The molecule has 3 aromatic carbocycles. The van der Waals surface area contributed by atoms with E-state index in [4.69, 9.17) is 4.74 Å². The predicted molar refractivity (Wildman–Crippen MR) is 97.1 cm³/mol. The van der Waals surface area contributed by atoms with Crippen molar-refractivity contribution in [3.63, 3.8) is 0 Å². The van der Waals surface area contributed by atoms with Crippen molar-refractivity contribution >= 4 is 23.1 Å². The third-order valence-electron chi connectivity index (χ3n) is 3.85. The molecule has 0 radical (unpaired) electrons. The molecule has 0 heterocycles. The Labute approximate surface area is 158 Å². The molecular formula is C21H14F3NO3. The highest BCUT2D eigenvalue weighted by Crippen LogP contribution is 2.22. The molecule has 1 N–H and O–H groups in total. The van der Waals surface area contributed by atoms with Crippen LogP contribution >= 0.6 is 0 Å². The minimum absolute atomic E-state index is 0.107. The second-order valence-electron chi connectivity index (χ2n) is 5.81. The normalized spacial score (nSPS) is 10.4. The van der Waals surface area contributed by atoms with E-state index in [0.29, 0.717) is 11.4 Å². The third-order valence-corrected chi connectivity index (χ3v) is 3.85. The number of ether oxygens (including phenoxy) is 1. The lowest BCUT2D eigenvalue weighted by molar-refractivity contribution is 0.0475. The first-order chi connectivity index (χ1) is 13.4. The first-order valence-corrected chi connectivity index (χ1v) is 8.21. The summed E-state index contributed by atoms with van der Waals surface area (Å²) in [5.41, 5.74) is 1.01. The summed E-state index contributed by atoms with van der Waals surface area (Å²) in [7, 11) is 0. The lowest BCUT2D eigenvalue weighted by Gasteiger charge is -2.11. The maximum absolute atomic E-state index is 13.2. The summed E-state index contributed by atoms with van der Waals surface area (Å²) >= 11 is 0. The molecule has 0 aliphatic rings. The van der Waals surface area contributed by atoms with Crippen LogP contribution in [0.3, 0.4) is 0 Å². The minimum atomic E-state index is -1.16. The summed E-state index contributed by atoms with van der Waals surface area (Å²) < 4.78 is 44.2. The Kier molecular flexibility index (Phi) is 5.74. The number of halogens is 3. The first kappa shape index (κ1) is 19.2. The number of hydrogen-bond acceptors (Lipinski definition) is 4. The van der Waals surface area contributed by atoms with Crippen molar-refractivity contribution in [2.75, 3.05) is 11.9 Å². The molecule has 0 spiro atoms. The Morgan fingerprint density at radius 3 is 2.29 bits per heavy atom. The van der Waals surface area contributed by atoms with Crippen molar-refractivity contribution in [3.05, 3.63) is 95.3 Å². The van der Waals surface area contributed by atoms with Crippen LogP contribution in [0.4, 0.5) is 24.5 Å². The van der Waals surface area contributed by atoms with Gasteiger partial charge in [0.15, 0.2) is 24.0 Å². The third kappa shape index (κ3) is 4.56. The molecule has 0 fully saturated rings. The zero-order valence-corrected chi connectivity index (χ0v) is 14.4. The molecular weight excluding hydrogens is 371 g/mol. The summed E-state index contributed by atoms with van der Waals surface area (Å²) in [5, 5.41) is 2.97. The first-order valence-electron chi connectivity index (χ1n) is 8.21. The summed E-state index contributed by atoms with van der Waals surface area (Å²) in [5.74, 6) is -4.08. The van der Waals surface area contributed by atoms with Crippen molar-refractivity contribution in [1.82, 2.24) is 0 Å². The van der Waals surface area contributed by atoms with Gasteiger partial charge in [-0.2, -0.15) is 0 Å². The number of esters is 1. The largest absolute Gasteiger partial charge is 0.454 e. The number of carbonyl (C=O) groups excluding carboxylic acids is 2. The highest BCUT2D eigenvalue weighted by atomic mass is 19.2. The summed E-state index contributed by atoms with van der Waals surface area (Å²) in [6, 6.07) is 14.6. The van der Waals surface area contributed by atoms with E-state index in [1.54, 1.807) is 18.2 Å². The van der Waals surface area contributed by atoms with Crippen LogP contribution in [0.15, 0.2) is 66.7 Å². The molecule has 142 valence electrons. The van der Waals surface area contributed by atoms with Crippen LogP contribution in [0, 0.1) is 17.5 Å². The number of rotatable bonds is 6. The van der Waals surface area contributed by atoms with E-state index >= 15 is 0 Å². The van der Waals surface area contributed by atoms with E-state index in [9.17, 15) is 22.8 Å². The summed E-state index contributed by atoms with van der Waals surface area (Å²) in [6.07, 6.45) is 0. The van der Waals surface area contributed by atoms with Gasteiger partial charge in [0.2, 0.25) is 0 Å². The standard InChI is InChI=1S/C21H14F3NO3/c22-14-6-8-15(9-7-14)25-19-4-2-1-3-16(19)21(27)28-12-20(26)13-5-10-17(23)18(24)11-13/h1-11,25H,12H2. The molecule has 0 atom stereocenters. The van der Waals surface area contributed by atoms with E-state index in [-0.39, 0.29) is 11.1 Å². The molecule has 0 aliphatic carbocycles. The van der Waals surface area contributed by atoms with Crippen molar-refractivity contribution in [2.24, 2.45) is 0 Å². The van der Waals surface area contributed by atoms with Crippen LogP contribution in [0.2, 0.25) is 0 Å². The number of ketones is 1. The number of anilines is 2. The average molecular weight is 385 g/mol. The van der Waals surface area contributed by atoms with Gasteiger partial charge in [-0.25, -0.2) is 18.0 Å². The van der Waals surface area contributed by atoms with E-state index < -0.39 is 35.8 Å². The molecule has 0 saturated heterocycles. The Balaban J connectivity index is 1.69. The second kappa shape index (κ2) is 8.39. The van der Waals surface area contributed by atoms with E-state index in [0.717, 1.165) is 18.2 Å². The van der Waals surface area contributed by atoms with Crippen LogP contribution in [0.1, 0.15) is 20.7 Å². The predicted octanol–water partition coefficient (Wildman–Crippen LogP) is 4.89. The van der Waals surface area contributed by atoms with E-state index in [2.05, 4.69) is 5.32 Å². The van der Waals surface area contributed by atoms with Gasteiger partial charge in [-0.3, -0.25) is 4.79 Å². The highest BCUT2D eigenvalue weighted by molar-refractivity contribution is 6.01. The monoisotopic (exact) mass is 385 g/mol. The molecule has 3 rings (SSSR count). The van der Waals surface area contributed by atoms with E-state index in [1.807, 2.05) is 0 Å². The molecule has 0 bridgehead atoms. The smallest absolute Gasteiger partial charge is 0.340 e. The van der Waals surface area contributed by atoms with E-state index in [1.165, 1.54) is 30.3 Å². The maximum Gasteiger partial charge on any atom is 0.340 e. The Hall–Kier alpha value is -3.61. The van der Waals surface area contributed by atoms with Gasteiger partial charge < -0.3 is 10.1 Å². The topological polar surface area (TPSA) is 55.4 Å². The lowest BCUT2D eigenvalue weighted by Crippen LogP contribution is -2.15. The maximum atomic E-state index is 13.2. The quantitative estimate of drug-likeness (QED) is 0.485. The van der Waals surface area contributed by atoms with Crippen LogP contribution in [0.5, 0.6) is 0 Å². The van der Waals surface area contributed by atoms with Crippen LogP contribution < -0.4 is 5.32 Å². The summed E-state index contributed by atoms with van der Waals surface area (Å²) in [6.45, 7) is -0.630. The average Bonchev–Trinajstić information content (AvgIpc) is 2.70. The fraction of sp³-hybridized carbons (Fsp3) is 0.0476. The highest BCUT2D eigenvalue weighted by Gasteiger charge is 2.16. The van der Waals surface area contributed by atoms with Gasteiger partial charge in [0, 0.05) is 11.3 Å². The van der Waals surface area contributed by atoms with Gasteiger partial charge in [-0.05, 0) is 54.6 Å². The Morgan fingerprint density at radius 1 is 0.857 bits per heavy atom. The number of nitrogens with one attached hydrogen (secondary N) is 1. The molecule has 7 heteroatoms. The molecule has 4 nitrogen and oxygen atoms in total. The lowest BCUT2D eigenvalue weighted by atomic mass is 10.1. The van der Waals surface area contributed by atoms with Gasteiger partial charge in [0.25, 0.3) is 0 Å². The zero-order chi connectivity index (χ0) is 20.1. The summed E-state index contributed by atoms with van der Waals surface area (Å²) in [4.78, 5) is 24.4. The molecule has 28 heavy (non-hydrogen) atoms. The van der Waals surface area contributed by atoms with Crippen LogP contribution in [0.25, 0.3) is 0 Å². The SMILES string of the molecule is O=C(COC(=O)c1ccccc1Nc1ccc(F)cc1)c1ccc(F)c(F)c1. The number of para-hydroxylation sites is 1. The molecule has 0 amide bonds. The molecule has 3 aromatic rings. The van der Waals surface area contributed by atoms with Gasteiger partial charge in [-0.1, -0.05) is 12.1 Å². The fourth-order valence-electron chi connectivity index (χ4n) is 2.42. The number of carbonyl (C=O) groups is 2. The van der Waals surface area contributed by atoms with Crippen LogP contribution in [-0.2, 0) is 4.74 Å². The fourth-order valence-corrected chi connectivity index (χ4v) is 2.42. The second-order valence-corrected chi connectivity index (χ2v) is 5.81. The number of Topliss-reactive ketones (excluding diaryl/α,β-unsaturated/α-hetero) is 1. The van der Waals surface area contributed by atoms with Crippen molar-refractivity contribution in [3.8, 4) is 0 Å². The minimum Gasteiger partial charge on any atom is -0.454 e. The van der Waals surface area contributed by atoms with Gasteiger partial charge in [0.1, 0.15) is 5.82 Å². The zero-order valence-electron chi connectivity index (χ0n) is 14.4. The van der Waals surface area contributed by atoms with Gasteiger partial charge in [0.05, 0.1) is 11.3 Å². The van der Waals surface area contributed by atoms with Crippen molar-refractivity contribution < 1.29 is 27.5 Å². The molecule has 0 aromatic heterocycles. The van der Waals surface area contributed by atoms with Gasteiger partial charge in [-0.15, -0.1) is 0 Å². The molecule has 0 saturated carbocycles. The Morgan fingerprint density at radius 2 is 1.57 bits per heavy atom. The van der Waals surface area contributed by atoms with Crippen molar-refractivity contribution in [1.29, 1.82) is 0 Å². The number of benzene rings is 3. The molecule has 0 unspecified atom stereocenters.